The molecule has 3 N–H and O–H groups in total. The lowest BCUT2D eigenvalue weighted by molar-refractivity contribution is -0.116. The predicted octanol–water partition coefficient (Wildman–Crippen LogP) is 0.251. The highest BCUT2D eigenvalue weighted by atomic mass is 32.2. The van der Waals surface area contributed by atoms with Gasteiger partial charge >= 0.3 is 0 Å². The molecule has 0 aliphatic heterocycles. The largest absolute Gasteiger partial charge is 0.295 e. The summed E-state index contributed by atoms with van der Waals surface area (Å²) in [6, 6.07) is 4.38. The van der Waals surface area contributed by atoms with Crippen LogP contribution in [0.1, 0.15) is 6.42 Å². The molecule has 1 amide bonds. The first kappa shape index (κ1) is 15.1. The number of hydrogen-bond acceptors (Lipinski definition) is 5. The van der Waals surface area contributed by atoms with Crippen molar-refractivity contribution >= 4 is 21.9 Å². The summed E-state index contributed by atoms with van der Waals surface area (Å²) in [7, 11) is -3.77. The summed E-state index contributed by atoms with van der Waals surface area (Å²) in [6.45, 7) is -0.0975. The molecular formula is C11H12FN5O3S. The average Bonchev–Trinajstić information content (AvgIpc) is 2.91. The van der Waals surface area contributed by atoms with Crippen LogP contribution in [0.4, 0.5) is 10.3 Å². The van der Waals surface area contributed by atoms with Gasteiger partial charge in [-0.15, -0.1) is 0 Å². The number of amides is 1. The highest BCUT2D eigenvalue weighted by Gasteiger charge is 2.14. The number of aromatic amines is 1. The van der Waals surface area contributed by atoms with Crippen molar-refractivity contribution < 1.29 is 17.6 Å². The zero-order chi connectivity index (χ0) is 15.3. The maximum absolute atomic E-state index is 12.7. The van der Waals surface area contributed by atoms with E-state index in [0.29, 0.717) is 0 Å². The monoisotopic (exact) mass is 313 g/mol. The molecule has 0 saturated heterocycles. The lowest BCUT2D eigenvalue weighted by Crippen LogP contribution is -2.28. The van der Waals surface area contributed by atoms with Crippen LogP contribution in [0.2, 0.25) is 0 Å². The van der Waals surface area contributed by atoms with Crippen LogP contribution in [-0.2, 0) is 14.8 Å². The van der Waals surface area contributed by atoms with Crippen molar-refractivity contribution in [2.24, 2.45) is 0 Å². The van der Waals surface area contributed by atoms with E-state index in [1.165, 1.54) is 6.33 Å². The first-order valence-electron chi connectivity index (χ1n) is 5.88. The van der Waals surface area contributed by atoms with Gasteiger partial charge in [0.15, 0.2) is 0 Å². The highest BCUT2D eigenvalue weighted by molar-refractivity contribution is 7.89. The van der Waals surface area contributed by atoms with Crippen LogP contribution in [0.15, 0.2) is 35.5 Å². The molecule has 21 heavy (non-hydrogen) atoms. The molecule has 0 radical (unpaired) electrons. The number of rotatable bonds is 6. The molecule has 1 heterocycles. The number of carbonyl (C=O) groups excluding carboxylic acids is 1. The van der Waals surface area contributed by atoms with E-state index in [0.717, 1.165) is 24.3 Å². The predicted molar refractivity (Wildman–Crippen MR) is 71.2 cm³/mol. The summed E-state index contributed by atoms with van der Waals surface area (Å²) < 4.78 is 38.7. The van der Waals surface area contributed by atoms with Crippen molar-refractivity contribution in [3.05, 3.63) is 36.4 Å². The van der Waals surface area contributed by atoms with Gasteiger partial charge in [-0.1, -0.05) is 0 Å². The molecule has 2 rings (SSSR count). The normalized spacial score (nSPS) is 11.3. The molecule has 0 unspecified atom stereocenters. The molecule has 0 atom stereocenters. The molecule has 10 heteroatoms. The number of H-pyrrole nitrogens is 1. The van der Waals surface area contributed by atoms with E-state index in [1.807, 2.05) is 0 Å². The number of sulfonamides is 1. The van der Waals surface area contributed by atoms with Gasteiger partial charge in [0, 0.05) is 13.0 Å². The Morgan fingerprint density at radius 2 is 2.00 bits per heavy atom. The third kappa shape index (κ3) is 4.33. The van der Waals surface area contributed by atoms with Crippen LogP contribution >= 0.6 is 0 Å². The van der Waals surface area contributed by atoms with Gasteiger partial charge in [-0.05, 0) is 24.3 Å². The van der Waals surface area contributed by atoms with Crippen molar-refractivity contribution in [2.75, 3.05) is 11.9 Å². The fourth-order valence-corrected chi connectivity index (χ4v) is 2.49. The minimum Gasteiger partial charge on any atom is -0.295 e. The molecule has 0 fully saturated rings. The standard InChI is InChI=1S/C11H12FN5O3S/c12-8-1-3-9(4-2-8)21(19,20)15-6-5-10(18)16-11-13-7-14-17-11/h1-4,7,15H,5-6H2,(H2,13,14,16,17,18). The first-order chi connectivity index (χ1) is 9.97. The van der Waals surface area contributed by atoms with Crippen LogP contribution in [0.5, 0.6) is 0 Å². The Morgan fingerprint density at radius 1 is 1.29 bits per heavy atom. The van der Waals surface area contributed by atoms with Gasteiger partial charge in [0.05, 0.1) is 4.90 Å². The summed E-state index contributed by atoms with van der Waals surface area (Å²) in [5.41, 5.74) is 0. The van der Waals surface area contributed by atoms with E-state index in [-0.39, 0.29) is 23.8 Å². The smallest absolute Gasteiger partial charge is 0.240 e. The molecule has 0 spiro atoms. The number of hydrogen-bond donors (Lipinski definition) is 3. The Bertz CT molecular complexity index is 700. The zero-order valence-electron chi connectivity index (χ0n) is 10.7. The molecule has 0 saturated carbocycles. The summed E-state index contributed by atoms with van der Waals surface area (Å²) in [5.74, 6) is -0.768. The average molecular weight is 313 g/mol. The Balaban J connectivity index is 1.84. The van der Waals surface area contributed by atoms with Gasteiger partial charge < -0.3 is 0 Å². The Labute approximate surface area is 119 Å². The van der Waals surface area contributed by atoms with Crippen molar-refractivity contribution in [2.45, 2.75) is 11.3 Å². The summed E-state index contributed by atoms with van der Waals surface area (Å²) in [4.78, 5) is 15.1. The fourth-order valence-electron chi connectivity index (χ4n) is 1.46. The van der Waals surface area contributed by atoms with E-state index < -0.39 is 21.7 Å². The van der Waals surface area contributed by atoms with Crippen molar-refractivity contribution in [1.29, 1.82) is 0 Å². The van der Waals surface area contributed by atoms with E-state index in [9.17, 15) is 17.6 Å². The lowest BCUT2D eigenvalue weighted by Gasteiger charge is -2.06. The Hall–Kier alpha value is -2.33. The van der Waals surface area contributed by atoms with Gasteiger partial charge in [0.2, 0.25) is 21.9 Å². The number of aromatic nitrogens is 3. The molecule has 0 bridgehead atoms. The zero-order valence-corrected chi connectivity index (χ0v) is 11.5. The number of carbonyl (C=O) groups is 1. The van der Waals surface area contributed by atoms with Gasteiger partial charge in [0.25, 0.3) is 0 Å². The van der Waals surface area contributed by atoms with Crippen LogP contribution in [0.3, 0.4) is 0 Å². The topological polar surface area (TPSA) is 117 Å². The number of halogens is 1. The highest BCUT2D eigenvalue weighted by Crippen LogP contribution is 2.09. The third-order valence-electron chi connectivity index (χ3n) is 2.44. The van der Waals surface area contributed by atoms with Crippen LogP contribution in [0.25, 0.3) is 0 Å². The lowest BCUT2D eigenvalue weighted by atomic mass is 10.4. The Morgan fingerprint density at radius 3 is 2.62 bits per heavy atom. The second kappa shape index (κ2) is 6.41. The van der Waals surface area contributed by atoms with Crippen LogP contribution in [0, 0.1) is 5.82 Å². The van der Waals surface area contributed by atoms with Crippen molar-refractivity contribution in [3.63, 3.8) is 0 Å². The molecule has 112 valence electrons. The van der Waals surface area contributed by atoms with Crippen LogP contribution in [-0.4, -0.2) is 36.1 Å². The molecule has 8 nitrogen and oxygen atoms in total. The number of nitrogens with zero attached hydrogens (tertiary/aromatic N) is 2. The van der Waals surface area contributed by atoms with E-state index >= 15 is 0 Å². The number of anilines is 1. The Kier molecular flexibility index (Phi) is 4.60. The molecule has 1 aromatic heterocycles. The molecular weight excluding hydrogens is 301 g/mol. The fraction of sp³-hybridized carbons (Fsp3) is 0.182. The van der Waals surface area contributed by atoms with Crippen LogP contribution < -0.4 is 10.0 Å². The van der Waals surface area contributed by atoms with Gasteiger partial charge in [-0.2, -0.15) is 10.1 Å². The first-order valence-corrected chi connectivity index (χ1v) is 7.36. The molecule has 0 aliphatic carbocycles. The minimum absolute atomic E-state index is 0.0699. The number of nitrogens with one attached hydrogen (secondary N) is 3. The van der Waals surface area contributed by atoms with Gasteiger partial charge in [0.1, 0.15) is 12.1 Å². The van der Waals surface area contributed by atoms with E-state index in [2.05, 4.69) is 25.2 Å². The van der Waals surface area contributed by atoms with E-state index in [4.69, 9.17) is 0 Å². The SMILES string of the molecule is O=C(CCNS(=O)(=O)c1ccc(F)cc1)Nc1ncn[nH]1. The van der Waals surface area contributed by atoms with Gasteiger partial charge in [-0.3, -0.25) is 10.1 Å². The van der Waals surface area contributed by atoms with Crippen molar-refractivity contribution in [3.8, 4) is 0 Å². The second-order valence-corrected chi connectivity index (χ2v) is 5.75. The summed E-state index contributed by atoms with van der Waals surface area (Å²) in [5, 5.41) is 8.39. The minimum atomic E-state index is -3.77. The molecule has 2 aromatic rings. The second-order valence-electron chi connectivity index (χ2n) is 3.98. The summed E-state index contributed by atoms with van der Waals surface area (Å²) in [6.07, 6.45) is 1.15. The third-order valence-corrected chi connectivity index (χ3v) is 3.92. The maximum Gasteiger partial charge on any atom is 0.240 e. The van der Waals surface area contributed by atoms with Crippen molar-refractivity contribution in [1.82, 2.24) is 19.9 Å². The molecule has 1 aromatic carbocycles. The number of benzene rings is 1. The maximum atomic E-state index is 12.7. The molecule has 0 aliphatic rings. The van der Waals surface area contributed by atoms with E-state index in [1.54, 1.807) is 0 Å². The van der Waals surface area contributed by atoms with Gasteiger partial charge in [-0.25, -0.2) is 22.6 Å². The quantitative estimate of drug-likeness (QED) is 0.707. The summed E-state index contributed by atoms with van der Waals surface area (Å²) >= 11 is 0.